The summed E-state index contributed by atoms with van der Waals surface area (Å²) in [7, 11) is 3.60. The van der Waals surface area contributed by atoms with Gasteiger partial charge < -0.3 is 50.5 Å². The van der Waals surface area contributed by atoms with Gasteiger partial charge in [0, 0.05) is 26.9 Å². The molecule has 0 aromatic heterocycles. The standard InChI is InChI=1S/C17H30N4O8/c1-6(24)18-11-13(26)12(25)8(5-23)28-16(11)29-15-7(4-22)9-10(14(15)27)20-17(19-9)21(2)3/h7-16,22-23,25-27H,4-5H2,1-3H3,(H,18,24)(H,19,20)/t7-,8+,9-,10-,11+,12+,13+,14+,15+,16-/m0/s1. The summed E-state index contributed by atoms with van der Waals surface area (Å²) in [5.74, 6) is -0.469. The summed E-state index contributed by atoms with van der Waals surface area (Å²) in [5.41, 5.74) is 0. The van der Waals surface area contributed by atoms with E-state index in [0.29, 0.717) is 5.96 Å². The third-order valence-electron chi connectivity index (χ3n) is 5.68. The number of carbonyl (C=O) groups is 1. The third kappa shape index (κ3) is 4.06. The van der Waals surface area contributed by atoms with E-state index in [4.69, 9.17) is 9.47 Å². The number of carbonyl (C=O) groups excluding carboxylic acids is 1. The van der Waals surface area contributed by atoms with Crippen LogP contribution in [-0.2, 0) is 14.3 Å². The number of nitrogens with zero attached hydrogens (tertiary/aromatic N) is 2. The van der Waals surface area contributed by atoms with Gasteiger partial charge in [-0.1, -0.05) is 0 Å². The number of aliphatic hydroxyl groups excluding tert-OH is 5. The largest absolute Gasteiger partial charge is 0.396 e. The molecule has 1 aliphatic carbocycles. The van der Waals surface area contributed by atoms with Crippen molar-refractivity contribution < 1.29 is 39.8 Å². The molecule has 2 heterocycles. The molecule has 12 nitrogen and oxygen atoms in total. The average molecular weight is 418 g/mol. The molecule has 1 saturated carbocycles. The molecule has 0 aromatic rings. The van der Waals surface area contributed by atoms with E-state index in [-0.39, 0.29) is 6.61 Å². The van der Waals surface area contributed by atoms with E-state index in [1.54, 1.807) is 19.0 Å². The molecule has 3 rings (SSSR count). The number of amides is 1. The van der Waals surface area contributed by atoms with Crippen LogP contribution in [0.4, 0.5) is 0 Å². The Bertz CT molecular complexity index is 635. The molecule has 0 aromatic carbocycles. The van der Waals surface area contributed by atoms with Gasteiger partial charge >= 0.3 is 0 Å². The van der Waals surface area contributed by atoms with E-state index in [1.807, 2.05) is 0 Å². The Balaban J connectivity index is 1.81. The van der Waals surface area contributed by atoms with Crippen LogP contribution in [0.25, 0.3) is 0 Å². The molecule has 166 valence electrons. The lowest BCUT2D eigenvalue weighted by Gasteiger charge is -2.43. The molecule has 1 amide bonds. The first-order valence-corrected chi connectivity index (χ1v) is 9.55. The smallest absolute Gasteiger partial charge is 0.217 e. The second-order valence-corrected chi connectivity index (χ2v) is 7.88. The lowest BCUT2D eigenvalue weighted by Crippen LogP contribution is -2.65. The number of nitrogens with one attached hydrogen (secondary N) is 2. The van der Waals surface area contributed by atoms with E-state index in [1.165, 1.54) is 6.92 Å². The second kappa shape index (κ2) is 8.68. The van der Waals surface area contributed by atoms with E-state index >= 15 is 0 Å². The van der Waals surface area contributed by atoms with Gasteiger partial charge in [-0.15, -0.1) is 0 Å². The van der Waals surface area contributed by atoms with Crippen LogP contribution in [0.15, 0.2) is 4.99 Å². The maximum absolute atomic E-state index is 11.6. The highest BCUT2D eigenvalue weighted by Gasteiger charge is 2.56. The molecule has 2 aliphatic heterocycles. The zero-order chi connectivity index (χ0) is 21.5. The quantitative estimate of drug-likeness (QED) is 0.230. The minimum absolute atomic E-state index is 0.319. The fourth-order valence-electron chi connectivity index (χ4n) is 4.17. The molecule has 0 unspecified atom stereocenters. The van der Waals surface area contributed by atoms with Crippen LogP contribution in [-0.4, -0.2) is 125 Å². The van der Waals surface area contributed by atoms with E-state index < -0.39 is 73.4 Å². The SMILES string of the molecule is CC(=O)N[C@H]1[C@H](O[C@H]2[C@H](O)[C@H]3NC(N(C)C)=N[C@H]3[C@@H]2CO)O[C@H](CO)[C@@H](O)[C@@H]1O. The number of rotatable bonds is 5. The van der Waals surface area contributed by atoms with Gasteiger partial charge in [0.2, 0.25) is 5.91 Å². The van der Waals surface area contributed by atoms with E-state index in [0.717, 1.165) is 0 Å². The molecular weight excluding hydrogens is 388 g/mol. The summed E-state index contributed by atoms with van der Waals surface area (Å²) in [6.45, 7) is 0.340. The summed E-state index contributed by atoms with van der Waals surface area (Å²) in [5, 5.41) is 56.2. The summed E-state index contributed by atoms with van der Waals surface area (Å²) >= 11 is 0. The Morgan fingerprint density at radius 2 is 1.90 bits per heavy atom. The summed E-state index contributed by atoms with van der Waals surface area (Å²) in [4.78, 5) is 17.8. The van der Waals surface area contributed by atoms with Gasteiger partial charge in [0.05, 0.1) is 31.4 Å². The summed E-state index contributed by atoms with van der Waals surface area (Å²) in [6, 6.07) is -2.06. The predicted octanol–water partition coefficient (Wildman–Crippen LogP) is -4.44. The van der Waals surface area contributed by atoms with Crippen LogP contribution < -0.4 is 10.6 Å². The maximum atomic E-state index is 11.6. The molecule has 3 aliphatic rings. The lowest BCUT2D eigenvalue weighted by atomic mass is 9.96. The lowest BCUT2D eigenvalue weighted by molar-refractivity contribution is -0.291. The first-order valence-electron chi connectivity index (χ1n) is 9.55. The van der Waals surface area contributed by atoms with Crippen molar-refractivity contribution in [2.45, 2.75) is 61.9 Å². The predicted molar refractivity (Wildman–Crippen MR) is 98.7 cm³/mol. The van der Waals surface area contributed by atoms with Crippen molar-refractivity contribution in [3.8, 4) is 0 Å². The number of hydrogen-bond acceptors (Lipinski definition) is 11. The Morgan fingerprint density at radius 1 is 1.21 bits per heavy atom. The molecule has 1 saturated heterocycles. The van der Waals surface area contributed by atoms with Crippen molar-refractivity contribution in [1.82, 2.24) is 15.5 Å². The van der Waals surface area contributed by atoms with Crippen LogP contribution in [0.2, 0.25) is 0 Å². The van der Waals surface area contributed by atoms with Gasteiger partial charge in [-0.2, -0.15) is 0 Å². The average Bonchev–Trinajstić information content (AvgIpc) is 3.20. The van der Waals surface area contributed by atoms with Gasteiger partial charge in [-0.05, 0) is 0 Å². The van der Waals surface area contributed by atoms with Crippen LogP contribution in [0.5, 0.6) is 0 Å². The monoisotopic (exact) mass is 418 g/mol. The Labute approximate surface area is 168 Å². The zero-order valence-corrected chi connectivity index (χ0v) is 16.5. The molecule has 29 heavy (non-hydrogen) atoms. The van der Waals surface area contributed by atoms with Crippen LogP contribution in [0.3, 0.4) is 0 Å². The van der Waals surface area contributed by atoms with Crippen molar-refractivity contribution in [1.29, 1.82) is 0 Å². The highest BCUT2D eigenvalue weighted by molar-refractivity contribution is 5.82. The fraction of sp³-hybridized carbons (Fsp3) is 0.882. The third-order valence-corrected chi connectivity index (χ3v) is 5.68. The molecule has 7 N–H and O–H groups in total. The van der Waals surface area contributed by atoms with E-state index in [2.05, 4.69) is 15.6 Å². The number of guanidine groups is 1. The normalized spacial score (nSPS) is 44.1. The van der Waals surface area contributed by atoms with Gasteiger partial charge in [-0.3, -0.25) is 4.79 Å². The molecule has 12 heteroatoms. The van der Waals surface area contributed by atoms with Crippen LogP contribution in [0.1, 0.15) is 6.92 Å². The molecule has 10 atom stereocenters. The first-order chi connectivity index (χ1) is 13.7. The van der Waals surface area contributed by atoms with Crippen molar-refractivity contribution >= 4 is 11.9 Å². The maximum Gasteiger partial charge on any atom is 0.217 e. The zero-order valence-electron chi connectivity index (χ0n) is 16.5. The Morgan fingerprint density at radius 3 is 2.45 bits per heavy atom. The number of ether oxygens (including phenoxy) is 2. The van der Waals surface area contributed by atoms with Crippen LogP contribution in [0, 0.1) is 5.92 Å². The number of hydrogen-bond donors (Lipinski definition) is 7. The molecule has 0 bridgehead atoms. The van der Waals surface area contributed by atoms with Crippen molar-refractivity contribution in [3.05, 3.63) is 0 Å². The summed E-state index contributed by atoms with van der Waals surface area (Å²) in [6.07, 6.45) is -7.28. The first kappa shape index (κ1) is 22.2. The number of aliphatic hydroxyl groups is 5. The van der Waals surface area contributed by atoms with Gasteiger partial charge in [0.1, 0.15) is 30.5 Å². The topological polar surface area (TPSA) is 176 Å². The van der Waals surface area contributed by atoms with Crippen LogP contribution >= 0.6 is 0 Å². The summed E-state index contributed by atoms with van der Waals surface area (Å²) < 4.78 is 11.5. The molecule has 2 fully saturated rings. The highest BCUT2D eigenvalue weighted by atomic mass is 16.7. The van der Waals surface area contributed by atoms with Gasteiger partial charge in [0.15, 0.2) is 12.2 Å². The fourth-order valence-corrected chi connectivity index (χ4v) is 4.17. The Hall–Kier alpha value is -1.54. The van der Waals surface area contributed by atoms with Crippen molar-refractivity contribution in [2.75, 3.05) is 27.3 Å². The second-order valence-electron chi connectivity index (χ2n) is 7.88. The minimum Gasteiger partial charge on any atom is -0.396 e. The van der Waals surface area contributed by atoms with Gasteiger partial charge in [0.25, 0.3) is 0 Å². The molecule has 0 spiro atoms. The number of aliphatic imine (C=N–C) groups is 1. The molecule has 0 radical (unpaired) electrons. The molecular formula is C17H30N4O8. The van der Waals surface area contributed by atoms with Crippen molar-refractivity contribution in [3.63, 3.8) is 0 Å². The van der Waals surface area contributed by atoms with Crippen molar-refractivity contribution in [2.24, 2.45) is 10.9 Å². The Kier molecular flexibility index (Phi) is 6.63. The highest BCUT2D eigenvalue weighted by Crippen LogP contribution is 2.37. The number of fused-ring (bicyclic) bond motifs is 1. The van der Waals surface area contributed by atoms with Gasteiger partial charge in [-0.25, -0.2) is 4.99 Å². The minimum atomic E-state index is -1.46. The van der Waals surface area contributed by atoms with E-state index in [9.17, 15) is 30.3 Å².